The molecule has 0 aliphatic rings. The Morgan fingerprint density at radius 1 is 1.23 bits per heavy atom. The molecule has 0 fully saturated rings. The topological polar surface area (TPSA) is 118 Å². The van der Waals surface area contributed by atoms with Crippen LogP contribution < -0.4 is 11.1 Å². The summed E-state index contributed by atoms with van der Waals surface area (Å²) >= 11 is 0. The van der Waals surface area contributed by atoms with Gasteiger partial charge in [0, 0.05) is 11.3 Å². The van der Waals surface area contributed by atoms with Crippen LogP contribution in [0.5, 0.6) is 0 Å². The molecule has 0 bridgehead atoms. The summed E-state index contributed by atoms with van der Waals surface area (Å²) in [4.78, 5) is 17.3. The summed E-state index contributed by atoms with van der Waals surface area (Å²) in [7, 11) is 0. The van der Waals surface area contributed by atoms with Gasteiger partial charge in [0.2, 0.25) is 0 Å². The minimum Gasteiger partial charge on any atom is -0.462 e. The molecule has 0 saturated heterocycles. The zero-order chi connectivity index (χ0) is 22.0. The molecule has 0 amide bonds. The van der Waals surface area contributed by atoms with E-state index in [0.29, 0.717) is 11.3 Å². The minimum atomic E-state index is -0.641. The van der Waals surface area contributed by atoms with Crippen LogP contribution in [0.1, 0.15) is 22.8 Å². The second-order valence-corrected chi connectivity index (χ2v) is 6.51. The molecule has 2 aromatic carbocycles. The van der Waals surface area contributed by atoms with Crippen molar-refractivity contribution in [2.24, 2.45) is 0 Å². The number of para-hydroxylation sites is 1. The number of ether oxygens (including phenoxy) is 1. The highest BCUT2D eigenvalue weighted by molar-refractivity contribution is 6.02. The largest absolute Gasteiger partial charge is 0.462 e. The van der Waals surface area contributed by atoms with Crippen LogP contribution in [0, 0.1) is 17.1 Å². The second-order valence-electron chi connectivity index (χ2n) is 6.51. The summed E-state index contributed by atoms with van der Waals surface area (Å²) in [6.07, 6.45) is 0. The molecule has 154 valence electrons. The van der Waals surface area contributed by atoms with Crippen molar-refractivity contribution in [3.63, 3.8) is 0 Å². The molecule has 9 heteroatoms. The number of fused-ring (bicyclic) bond motifs is 1. The van der Waals surface area contributed by atoms with E-state index in [1.165, 1.54) is 28.8 Å². The summed E-state index contributed by atoms with van der Waals surface area (Å²) < 4.78 is 19.8. The molecule has 0 radical (unpaired) electrons. The normalized spacial score (nSPS) is 10.6. The van der Waals surface area contributed by atoms with Crippen molar-refractivity contribution in [2.75, 3.05) is 17.7 Å². The molecule has 0 unspecified atom stereocenters. The van der Waals surface area contributed by atoms with Gasteiger partial charge in [-0.3, -0.25) is 0 Å². The lowest BCUT2D eigenvalue weighted by molar-refractivity contribution is 0.0529. The number of nitrogens with one attached hydrogen (secondary N) is 1. The predicted octanol–water partition coefficient (Wildman–Crippen LogP) is 3.91. The van der Waals surface area contributed by atoms with E-state index in [-0.39, 0.29) is 40.7 Å². The minimum absolute atomic E-state index is 0.00140. The Bertz CT molecular complexity index is 1310. The van der Waals surface area contributed by atoms with Crippen LogP contribution in [-0.4, -0.2) is 27.2 Å². The molecule has 31 heavy (non-hydrogen) atoms. The van der Waals surface area contributed by atoms with Gasteiger partial charge in [-0.2, -0.15) is 9.78 Å². The number of nitrogens with zero attached hydrogens (tertiary/aromatic N) is 4. The monoisotopic (exact) mass is 416 g/mol. The van der Waals surface area contributed by atoms with Gasteiger partial charge in [0.1, 0.15) is 28.8 Å². The Hall–Kier alpha value is -4.45. The maximum Gasteiger partial charge on any atom is 0.345 e. The highest BCUT2D eigenvalue weighted by atomic mass is 19.1. The zero-order valence-electron chi connectivity index (χ0n) is 16.5. The average Bonchev–Trinajstić information content (AvgIpc) is 3.13. The van der Waals surface area contributed by atoms with E-state index in [2.05, 4.69) is 15.4 Å². The molecule has 0 aliphatic heterocycles. The van der Waals surface area contributed by atoms with Gasteiger partial charge in [-0.25, -0.2) is 14.2 Å². The van der Waals surface area contributed by atoms with Crippen LogP contribution in [0.3, 0.4) is 0 Å². The van der Waals surface area contributed by atoms with Crippen molar-refractivity contribution in [3.8, 4) is 17.3 Å². The Morgan fingerprint density at radius 2 is 1.94 bits per heavy atom. The summed E-state index contributed by atoms with van der Waals surface area (Å²) in [5, 5.41) is 17.1. The van der Waals surface area contributed by atoms with Crippen molar-refractivity contribution in [1.29, 1.82) is 5.26 Å². The first kappa shape index (κ1) is 19.8. The first-order chi connectivity index (χ1) is 15.0. The van der Waals surface area contributed by atoms with Crippen LogP contribution in [0.25, 0.3) is 16.9 Å². The number of carbonyl (C=O) groups is 1. The summed E-state index contributed by atoms with van der Waals surface area (Å²) in [6.45, 7) is 1.84. The standard InChI is InChI=1S/C22H17FN6O2/c1-2-31-22(30)17-20(26-15-6-4-3-5-7-15)28-29-19(25)16(12-24)18(27-21(17)29)13-8-10-14(23)11-9-13/h3-11H,2,25H2,1H3,(H,26,28). The number of esters is 1. The highest BCUT2D eigenvalue weighted by Gasteiger charge is 2.26. The van der Waals surface area contributed by atoms with Crippen LogP contribution >= 0.6 is 0 Å². The highest BCUT2D eigenvalue weighted by Crippen LogP contribution is 2.31. The smallest absolute Gasteiger partial charge is 0.345 e. The number of hydrogen-bond acceptors (Lipinski definition) is 7. The molecule has 0 aliphatic carbocycles. The van der Waals surface area contributed by atoms with Gasteiger partial charge >= 0.3 is 5.97 Å². The fraction of sp³-hybridized carbons (Fsp3) is 0.0909. The van der Waals surface area contributed by atoms with Gasteiger partial charge in [-0.15, -0.1) is 5.10 Å². The summed E-state index contributed by atoms with van der Waals surface area (Å²) in [5.41, 5.74) is 7.86. The van der Waals surface area contributed by atoms with E-state index >= 15 is 0 Å². The van der Waals surface area contributed by atoms with Gasteiger partial charge in [-0.1, -0.05) is 18.2 Å². The first-order valence-electron chi connectivity index (χ1n) is 9.41. The molecule has 0 saturated carbocycles. The number of nitriles is 1. The molecule has 4 rings (SSSR count). The van der Waals surface area contributed by atoms with E-state index in [0.717, 1.165) is 0 Å². The van der Waals surface area contributed by atoms with Gasteiger partial charge in [0.25, 0.3) is 0 Å². The zero-order valence-corrected chi connectivity index (χ0v) is 16.5. The number of benzene rings is 2. The third kappa shape index (κ3) is 3.62. The molecule has 8 nitrogen and oxygen atoms in total. The molecule has 2 aromatic heterocycles. The van der Waals surface area contributed by atoms with Gasteiger partial charge in [0.15, 0.2) is 11.5 Å². The van der Waals surface area contributed by atoms with E-state index in [1.54, 1.807) is 19.1 Å². The third-order valence-corrected chi connectivity index (χ3v) is 4.55. The molecule has 4 aromatic rings. The number of hydrogen-bond donors (Lipinski definition) is 2. The molecule has 0 atom stereocenters. The predicted molar refractivity (Wildman–Crippen MR) is 113 cm³/mol. The fourth-order valence-electron chi connectivity index (χ4n) is 3.13. The summed E-state index contributed by atoms with van der Waals surface area (Å²) in [6, 6.07) is 16.6. The van der Waals surface area contributed by atoms with Gasteiger partial charge in [-0.05, 0) is 43.3 Å². The molecule has 3 N–H and O–H groups in total. The van der Waals surface area contributed by atoms with Crippen molar-refractivity contribution in [2.45, 2.75) is 6.92 Å². The third-order valence-electron chi connectivity index (χ3n) is 4.55. The van der Waals surface area contributed by atoms with Gasteiger partial charge < -0.3 is 15.8 Å². The first-order valence-corrected chi connectivity index (χ1v) is 9.41. The van der Waals surface area contributed by atoms with Crippen LogP contribution in [0.15, 0.2) is 54.6 Å². The molecule has 2 heterocycles. The second kappa shape index (κ2) is 8.12. The summed E-state index contributed by atoms with van der Waals surface area (Å²) in [5.74, 6) is -0.887. The maximum atomic E-state index is 13.4. The number of halogens is 1. The van der Waals surface area contributed by atoms with Crippen molar-refractivity contribution < 1.29 is 13.9 Å². The maximum absolute atomic E-state index is 13.4. The average molecular weight is 416 g/mol. The number of nitrogen functional groups attached to an aromatic ring is 1. The van der Waals surface area contributed by atoms with Crippen molar-refractivity contribution >= 4 is 28.9 Å². The number of carbonyl (C=O) groups excluding carboxylic acids is 1. The number of anilines is 3. The number of aromatic nitrogens is 3. The molecule has 0 spiro atoms. The number of rotatable bonds is 5. The molecular formula is C22H17FN6O2. The Labute approximate surface area is 176 Å². The van der Waals surface area contributed by atoms with E-state index < -0.39 is 11.8 Å². The van der Waals surface area contributed by atoms with Gasteiger partial charge in [0.05, 0.1) is 12.3 Å². The quantitative estimate of drug-likeness (QED) is 0.474. The Kier molecular flexibility index (Phi) is 5.20. The van der Waals surface area contributed by atoms with Crippen LogP contribution in [0.2, 0.25) is 0 Å². The fourth-order valence-corrected chi connectivity index (χ4v) is 3.13. The lowest BCUT2D eigenvalue weighted by atomic mass is 10.1. The lowest BCUT2D eigenvalue weighted by Crippen LogP contribution is -2.09. The van der Waals surface area contributed by atoms with Crippen molar-refractivity contribution in [1.82, 2.24) is 14.6 Å². The van der Waals surface area contributed by atoms with Crippen LogP contribution in [-0.2, 0) is 4.74 Å². The van der Waals surface area contributed by atoms with Crippen molar-refractivity contribution in [3.05, 3.63) is 71.5 Å². The van der Waals surface area contributed by atoms with E-state index in [4.69, 9.17) is 10.5 Å². The van der Waals surface area contributed by atoms with E-state index in [1.807, 2.05) is 24.3 Å². The van der Waals surface area contributed by atoms with Crippen LogP contribution in [0.4, 0.5) is 21.7 Å². The van der Waals surface area contributed by atoms with E-state index in [9.17, 15) is 14.4 Å². The SMILES string of the molecule is CCOC(=O)c1c(Nc2ccccc2)nn2c(N)c(C#N)c(-c3ccc(F)cc3)nc12. The molecular weight excluding hydrogens is 399 g/mol. The lowest BCUT2D eigenvalue weighted by Gasteiger charge is -2.09. The Balaban J connectivity index is 1.98. The number of nitrogens with two attached hydrogens (primary N) is 1. The Morgan fingerprint density at radius 3 is 2.58 bits per heavy atom.